The van der Waals surface area contributed by atoms with Gasteiger partial charge >= 0.3 is 5.97 Å². The molecule has 0 aliphatic carbocycles. The van der Waals surface area contributed by atoms with Gasteiger partial charge in [0.2, 0.25) is 5.95 Å². The summed E-state index contributed by atoms with van der Waals surface area (Å²) in [5.74, 6) is -0.641. The Kier molecular flexibility index (Phi) is 3.79. The molecule has 2 heterocycles. The summed E-state index contributed by atoms with van der Waals surface area (Å²) >= 11 is 0. The van der Waals surface area contributed by atoms with Gasteiger partial charge in [0.15, 0.2) is 0 Å². The molecule has 1 aromatic carbocycles. The second-order valence-electron chi connectivity index (χ2n) is 4.79. The number of nitrogens with one attached hydrogen (secondary N) is 1. The minimum atomic E-state index is -1.04. The molecule has 0 radical (unpaired) electrons. The van der Waals surface area contributed by atoms with E-state index in [-0.39, 0.29) is 11.7 Å². The normalized spacial score (nSPS) is 17.0. The predicted molar refractivity (Wildman–Crippen MR) is 76.3 cm³/mol. The number of benzene rings is 1. The maximum absolute atomic E-state index is 10.7. The molecule has 0 bridgehead atoms. The SMILES string of the molecule is O=C(O)c1cnc(NCC2OCCc3ccccc32)nc1. The molecular weight excluding hydrogens is 270 g/mol. The number of hydrogen-bond donors (Lipinski definition) is 2. The highest BCUT2D eigenvalue weighted by Gasteiger charge is 2.20. The van der Waals surface area contributed by atoms with E-state index in [1.165, 1.54) is 23.5 Å². The molecule has 21 heavy (non-hydrogen) atoms. The zero-order valence-electron chi connectivity index (χ0n) is 11.3. The van der Waals surface area contributed by atoms with Gasteiger partial charge in [-0.2, -0.15) is 0 Å². The lowest BCUT2D eigenvalue weighted by Crippen LogP contribution is -2.23. The Morgan fingerprint density at radius 3 is 2.86 bits per heavy atom. The largest absolute Gasteiger partial charge is 0.478 e. The first-order valence-electron chi connectivity index (χ1n) is 6.72. The molecule has 2 N–H and O–H groups in total. The molecule has 0 saturated carbocycles. The minimum absolute atomic E-state index is 0.0438. The van der Waals surface area contributed by atoms with Crippen molar-refractivity contribution in [2.45, 2.75) is 12.5 Å². The number of carboxylic acid groups (broad SMARTS) is 1. The number of nitrogens with zero attached hydrogens (tertiary/aromatic N) is 2. The third-order valence-corrected chi connectivity index (χ3v) is 3.44. The summed E-state index contributed by atoms with van der Waals surface area (Å²) in [7, 11) is 0. The van der Waals surface area contributed by atoms with E-state index in [4.69, 9.17) is 9.84 Å². The van der Waals surface area contributed by atoms with Gasteiger partial charge in [0, 0.05) is 18.9 Å². The molecule has 0 spiro atoms. The smallest absolute Gasteiger partial charge is 0.338 e. The first kappa shape index (κ1) is 13.5. The summed E-state index contributed by atoms with van der Waals surface area (Å²) in [4.78, 5) is 18.7. The number of carbonyl (C=O) groups is 1. The summed E-state index contributed by atoms with van der Waals surface area (Å²) in [5.41, 5.74) is 2.55. The molecule has 6 nitrogen and oxygen atoms in total. The van der Waals surface area contributed by atoms with E-state index in [1.54, 1.807) is 0 Å². The lowest BCUT2D eigenvalue weighted by atomic mass is 9.98. The van der Waals surface area contributed by atoms with Crippen LogP contribution in [-0.2, 0) is 11.2 Å². The molecule has 6 heteroatoms. The van der Waals surface area contributed by atoms with Crippen LogP contribution in [0.25, 0.3) is 0 Å². The van der Waals surface area contributed by atoms with Crippen LogP contribution in [0.2, 0.25) is 0 Å². The van der Waals surface area contributed by atoms with Crippen molar-refractivity contribution in [3.8, 4) is 0 Å². The van der Waals surface area contributed by atoms with Gasteiger partial charge in [-0.25, -0.2) is 14.8 Å². The Balaban J connectivity index is 1.67. The Morgan fingerprint density at radius 2 is 2.10 bits per heavy atom. The minimum Gasteiger partial charge on any atom is -0.478 e. The van der Waals surface area contributed by atoms with Crippen molar-refractivity contribution >= 4 is 11.9 Å². The average molecular weight is 285 g/mol. The molecule has 1 aromatic heterocycles. The molecule has 1 aliphatic heterocycles. The molecule has 1 aliphatic rings. The fraction of sp³-hybridized carbons (Fsp3) is 0.267. The fourth-order valence-electron chi connectivity index (χ4n) is 2.36. The van der Waals surface area contributed by atoms with E-state index in [2.05, 4.69) is 27.4 Å². The van der Waals surface area contributed by atoms with Crippen LogP contribution in [0.3, 0.4) is 0 Å². The van der Waals surface area contributed by atoms with E-state index in [1.807, 2.05) is 12.1 Å². The summed E-state index contributed by atoms with van der Waals surface area (Å²) in [5, 5.41) is 11.9. The number of ether oxygens (including phenoxy) is 1. The highest BCUT2D eigenvalue weighted by molar-refractivity contribution is 5.86. The molecule has 3 rings (SSSR count). The van der Waals surface area contributed by atoms with Crippen molar-refractivity contribution < 1.29 is 14.6 Å². The van der Waals surface area contributed by atoms with Gasteiger partial charge in [0.05, 0.1) is 12.2 Å². The van der Waals surface area contributed by atoms with Gasteiger partial charge in [-0.15, -0.1) is 0 Å². The third-order valence-electron chi connectivity index (χ3n) is 3.44. The van der Waals surface area contributed by atoms with Crippen molar-refractivity contribution in [3.05, 3.63) is 53.3 Å². The number of anilines is 1. The zero-order chi connectivity index (χ0) is 14.7. The monoisotopic (exact) mass is 285 g/mol. The summed E-state index contributed by atoms with van der Waals surface area (Å²) < 4.78 is 5.78. The van der Waals surface area contributed by atoms with Crippen molar-refractivity contribution in [1.29, 1.82) is 0 Å². The lowest BCUT2D eigenvalue weighted by molar-refractivity contribution is 0.0512. The van der Waals surface area contributed by atoms with Crippen LogP contribution >= 0.6 is 0 Å². The van der Waals surface area contributed by atoms with Crippen molar-refractivity contribution in [2.75, 3.05) is 18.5 Å². The van der Waals surface area contributed by atoms with Crippen LogP contribution in [0, 0.1) is 0 Å². The number of carboxylic acids is 1. The van der Waals surface area contributed by atoms with Crippen molar-refractivity contribution in [2.24, 2.45) is 0 Å². The van der Waals surface area contributed by atoms with E-state index in [0.717, 1.165) is 6.42 Å². The van der Waals surface area contributed by atoms with Crippen LogP contribution in [-0.4, -0.2) is 34.2 Å². The van der Waals surface area contributed by atoms with Crippen molar-refractivity contribution in [1.82, 2.24) is 9.97 Å². The van der Waals surface area contributed by atoms with Gasteiger partial charge in [0.25, 0.3) is 0 Å². The van der Waals surface area contributed by atoms with Crippen LogP contribution < -0.4 is 5.32 Å². The van der Waals surface area contributed by atoms with E-state index in [0.29, 0.717) is 19.1 Å². The average Bonchev–Trinajstić information content (AvgIpc) is 2.53. The second kappa shape index (κ2) is 5.88. The lowest BCUT2D eigenvalue weighted by Gasteiger charge is -2.26. The molecule has 1 unspecified atom stereocenters. The standard InChI is InChI=1S/C15H15N3O3/c19-14(20)11-7-16-15(17-8-11)18-9-13-12-4-2-1-3-10(12)5-6-21-13/h1-4,7-8,13H,5-6,9H2,(H,19,20)(H,16,17,18). The van der Waals surface area contributed by atoms with Crippen LogP contribution in [0.1, 0.15) is 27.6 Å². The maximum atomic E-state index is 10.7. The number of fused-ring (bicyclic) bond motifs is 1. The van der Waals surface area contributed by atoms with Crippen LogP contribution in [0.15, 0.2) is 36.7 Å². The fourth-order valence-corrected chi connectivity index (χ4v) is 2.36. The summed E-state index contributed by atoms with van der Waals surface area (Å²) in [6.07, 6.45) is 3.45. The van der Waals surface area contributed by atoms with Gasteiger partial charge in [-0.3, -0.25) is 0 Å². The molecule has 0 saturated heterocycles. The molecule has 0 amide bonds. The number of aromatic nitrogens is 2. The van der Waals surface area contributed by atoms with E-state index < -0.39 is 5.97 Å². The Morgan fingerprint density at radius 1 is 1.33 bits per heavy atom. The first-order chi connectivity index (χ1) is 10.2. The highest BCUT2D eigenvalue weighted by atomic mass is 16.5. The van der Waals surface area contributed by atoms with E-state index >= 15 is 0 Å². The first-order valence-corrected chi connectivity index (χ1v) is 6.72. The maximum Gasteiger partial charge on any atom is 0.338 e. The number of hydrogen-bond acceptors (Lipinski definition) is 5. The Bertz CT molecular complexity index is 643. The number of aromatic carboxylic acids is 1. The number of rotatable bonds is 4. The van der Waals surface area contributed by atoms with Gasteiger partial charge < -0.3 is 15.2 Å². The summed E-state index contributed by atoms with van der Waals surface area (Å²) in [6, 6.07) is 8.21. The highest BCUT2D eigenvalue weighted by Crippen LogP contribution is 2.26. The molecular formula is C15H15N3O3. The van der Waals surface area contributed by atoms with Crippen LogP contribution in [0.4, 0.5) is 5.95 Å². The Hall–Kier alpha value is -2.47. The van der Waals surface area contributed by atoms with Gasteiger partial charge in [-0.1, -0.05) is 24.3 Å². The quantitative estimate of drug-likeness (QED) is 0.892. The molecule has 1 atom stereocenters. The van der Waals surface area contributed by atoms with E-state index in [9.17, 15) is 4.79 Å². The van der Waals surface area contributed by atoms with Gasteiger partial charge in [-0.05, 0) is 17.5 Å². The molecule has 2 aromatic rings. The van der Waals surface area contributed by atoms with Crippen molar-refractivity contribution in [3.63, 3.8) is 0 Å². The van der Waals surface area contributed by atoms with Crippen LogP contribution in [0.5, 0.6) is 0 Å². The molecule has 108 valence electrons. The Labute approximate surface area is 121 Å². The topological polar surface area (TPSA) is 84.3 Å². The second-order valence-corrected chi connectivity index (χ2v) is 4.79. The predicted octanol–water partition coefficient (Wildman–Crippen LogP) is 1.90. The summed E-state index contributed by atoms with van der Waals surface area (Å²) in [6.45, 7) is 1.24. The third kappa shape index (κ3) is 3.00. The van der Waals surface area contributed by atoms with Gasteiger partial charge in [0.1, 0.15) is 6.10 Å². The molecule has 0 fully saturated rings. The zero-order valence-corrected chi connectivity index (χ0v) is 11.3.